The quantitative estimate of drug-likeness (QED) is 0.121. The molecule has 3 aromatic rings. The van der Waals surface area contributed by atoms with Crippen LogP contribution >= 0.6 is 0 Å². The third kappa shape index (κ3) is 12.6. The fourth-order valence-corrected chi connectivity index (χ4v) is 5.85. The molecule has 6 N–H and O–H groups in total. The molecule has 1 aliphatic rings. The highest BCUT2D eigenvalue weighted by Crippen LogP contribution is 2.37. The lowest BCUT2D eigenvalue weighted by Gasteiger charge is -2.42. The van der Waals surface area contributed by atoms with Gasteiger partial charge in [-0.1, -0.05) is 65.7 Å². The van der Waals surface area contributed by atoms with Crippen LogP contribution in [0.1, 0.15) is 61.7 Å². The number of quaternary nitrogens is 1. The van der Waals surface area contributed by atoms with Gasteiger partial charge in [-0.15, -0.1) is 0 Å². The Balaban J connectivity index is 0.000000815. The fraction of sp³-hybridized carbons (Fsp3) is 0.275. The number of carboxylic acids is 2. The van der Waals surface area contributed by atoms with Crippen LogP contribution in [-0.4, -0.2) is 64.5 Å². The molecule has 4 unspecified atom stereocenters. The maximum atomic E-state index is 14.3. The number of likely N-dealkylation sites (tertiary alicyclic amines) is 1. The van der Waals surface area contributed by atoms with Gasteiger partial charge in [0.1, 0.15) is 24.2 Å². The summed E-state index contributed by atoms with van der Waals surface area (Å²) in [6.07, 6.45) is 3.46. The number of anilines is 2. The van der Waals surface area contributed by atoms with Crippen LogP contribution < -0.4 is 20.6 Å². The van der Waals surface area contributed by atoms with Gasteiger partial charge in [-0.2, -0.15) is 0 Å². The minimum atomic E-state index is -1.53. The van der Waals surface area contributed by atoms with Crippen LogP contribution in [0.25, 0.3) is 0 Å². The van der Waals surface area contributed by atoms with Gasteiger partial charge >= 0.3 is 5.97 Å². The van der Waals surface area contributed by atoms with Crippen molar-refractivity contribution < 1.29 is 49.3 Å². The molecule has 0 radical (unpaired) electrons. The molecule has 52 heavy (non-hydrogen) atoms. The predicted octanol–water partition coefficient (Wildman–Crippen LogP) is 2.58. The molecule has 12 heteroatoms. The topological polar surface area (TPSA) is 198 Å². The van der Waals surface area contributed by atoms with E-state index in [1.807, 2.05) is 58.0 Å². The molecule has 2 amide bonds. The average molecular weight is 712 g/mol. The first-order valence-electron chi connectivity index (χ1n) is 16.6. The molecule has 12 nitrogen and oxygen atoms in total. The van der Waals surface area contributed by atoms with Gasteiger partial charge in [-0.3, -0.25) is 14.4 Å². The first-order chi connectivity index (χ1) is 24.6. The molecule has 1 heterocycles. The van der Waals surface area contributed by atoms with E-state index in [1.165, 1.54) is 12.2 Å². The van der Waals surface area contributed by atoms with Crippen molar-refractivity contribution in [3.8, 4) is 0 Å². The van der Waals surface area contributed by atoms with Crippen LogP contribution in [0.2, 0.25) is 0 Å². The number of piperidine rings is 1. The molecule has 1 fully saturated rings. The van der Waals surface area contributed by atoms with Gasteiger partial charge in [0.05, 0.1) is 19.1 Å². The molecule has 1 aliphatic heterocycles. The number of aliphatic carboxylic acids is 2. The van der Waals surface area contributed by atoms with E-state index in [1.54, 1.807) is 48.5 Å². The van der Waals surface area contributed by atoms with Crippen molar-refractivity contribution in [3.05, 3.63) is 131 Å². The Labute approximate surface area is 302 Å². The van der Waals surface area contributed by atoms with Crippen molar-refractivity contribution >= 4 is 40.9 Å². The molecule has 0 saturated carbocycles. The van der Waals surface area contributed by atoms with E-state index in [4.69, 9.17) is 5.11 Å². The van der Waals surface area contributed by atoms with Crippen LogP contribution in [0.3, 0.4) is 0 Å². The van der Waals surface area contributed by atoms with Gasteiger partial charge in [0.15, 0.2) is 5.78 Å². The summed E-state index contributed by atoms with van der Waals surface area (Å²) in [4.78, 5) is 59.0. The highest BCUT2D eigenvalue weighted by molar-refractivity contribution is 6.03. The van der Waals surface area contributed by atoms with Gasteiger partial charge in [-0.25, -0.2) is 4.79 Å². The molecule has 0 spiro atoms. The second kappa shape index (κ2) is 19.1. The minimum absolute atomic E-state index is 0.266. The van der Waals surface area contributed by atoms with E-state index in [0.29, 0.717) is 47.7 Å². The molecule has 3 aromatic carbocycles. The van der Waals surface area contributed by atoms with E-state index in [9.17, 15) is 39.3 Å². The Morgan fingerprint density at radius 2 is 1.42 bits per heavy atom. The summed E-state index contributed by atoms with van der Waals surface area (Å²) in [5, 5.41) is 46.2. The first kappa shape index (κ1) is 40.7. The summed E-state index contributed by atoms with van der Waals surface area (Å²) >= 11 is 0. The third-order valence-corrected chi connectivity index (χ3v) is 8.16. The van der Waals surface area contributed by atoms with Gasteiger partial charge in [0.2, 0.25) is 11.8 Å². The van der Waals surface area contributed by atoms with Crippen molar-refractivity contribution in [2.45, 2.75) is 45.8 Å². The Hall–Kier alpha value is -5.69. The molecule has 4 atom stereocenters. The summed E-state index contributed by atoms with van der Waals surface area (Å²) in [5.74, 6) is -4.50. The number of allylic oxidation sites excluding steroid dienone is 2. The average Bonchev–Trinajstić information content (AvgIpc) is 3.08. The van der Waals surface area contributed by atoms with Crippen molar-refractivity contribution in [2.24, 2.45) is 5.92 Å². The third-order valence-electron chi connectivity index (χ3n) is 8.16. The smallest absolute Gasteiger partial charge is 0.328 e. The maximum Gasteiger partial charge on any atom is 0.328 e. The Kier molecular flexibility index (Phi) is 14.9. The summed E-state index contributed by atoms with van der Waals surface area (Å²) in [6.45, 7) is 8.51. The standard InChI is InChI=1S/C36H41N3O5.C4H4O4/c1-24(2)18-33(41)37-29-14-8-12-27(20-29)35(43)31-22-39(23-32(40)26-10-6-5-7-11-26)17-16-36(31,44)28-13-9-15-30(21-28)38-34(42)19-25(3)4;5-3(6)1-2-4(7)8/h5-15,18-21,31-32,40,44H,16-17,22-23H2,1-4H3,(H,37,41)(H,38,42);1-2H,(H,5,6)(H,7,8)/b;2-1+. The molecule has 4 rings (SSSR count). The van der Waals surface area contributed by atoms with E-state index in [0.717, 1.165) is 21.6 Å². The highest BCUT2D eigenvalue weighted by Gasteiger charge is 2.49. The zero-order valence-electron chi connectivity index (χ0n) is 29.6. The molecule has 274 valence electrons. The van der Waals surface area contributed by atoms with Crippen LogP contribution in [0.5, 0.6) is 0 Å². The SMILES string of the molecule is CC(C)=CC(=O)Nc1cccc(C(=O)C2C[NH+](CC(O)c3ccccc3)CCC2(O)c2cccc(NC(=O)C=C(C)C)c2)c1.O=C([O-])/C=C/C(=O)O. The number of benzene rings is 3. The van der Waals surface area contributed by atoms with Gasteiger partial charge in [0, 0.05) is 41.6 Å². The van der Waals surface area contributed by atoms with Crippen molar-refractivity contribution in [1.29, 1.82) is 0 Å². The largest absolute Gasteiger partial charge is 0.545 e. The fourth-order valence-electron chi connectivity index (χ4n) is 5.85. The first-order valence-corrected chi connectivity index (χ1v) is 16.6. The molecule has 0 bridgehead atoms. The number of nitrogens with one attached hydrogen (secondary N) is 3. The van der Waals surface area contributed by atoms with Crippen molar-refractivity contribution in [2.75, 3.05) is 30.3 Å². The monoisotopic (exact) mass is 711 g/mol. The lowest BCUT2D eigenvalue weighted by Crippen LogP contribution is -3.15. The summed E-state index contributed by atoms with van der Waals surface area (Å²) in [6, 6.07) is 23.1. The van der Waals surface area contributed by atoms with Gasteiger partial charge in [-0.05, 0) is 69.2 Å². The number of aliphatic hydroxyl groups is 2. The molecule has 0 aliphatic carbocycles. The summed E-state index contributed by atoms with van der Waals surface area (Å²) in [7, 11) is 0. The van der Waals surface area contributed by atoms with E-state index >= 15 is 0 Å². The number of carboxylic acid groups (broad SMARTS) is 2. The minimum Gasteiger partial charge on any atom is -0.545 e. The lowest BCUT2D eigenvalue weighted by atomic mass is 9.72. The zero-order chi connectivity index (χ0) is 38.4. The van der Waals surface area contributed by atoms with Crippen molar-refractivity contribution in [3.63, 3.8) is 0 Å². The number of carbonyl (C=O) groups is 5. The second-order valence-corrected chi connectivity index (χ2v) is 13.0. The van der Waals surface area contributed by atoms with Gasteiger partial charge < -0.3 is 40.8 Å². The number of aliphatic hydroxyl groups excluding tert-OH is 1. The number of ketones is 1. The lowest BCUT2D eigenvalue weighted by molar-refractivity contribution is -0.914. The van der Waals surface area contributed by atoms with E-state index < -0.39 is 29.6 Å². The summed E-state index contributed by atoms with van der Waals surface area (Å²) in [5.41, 5.74) is 2.85. The molecule has 1 saturated heterocycles. The molecular weight excluding hydrogens is 666 g/mol. The van der Waals surface area contributed by atoms with E-state index in [2.05, 4.69) is 10.6 Å². The maximum absolute atomic E-state index is 14.3. The number of amides is 2. The molecular formula is C40H45N3O9. The Morgan fingerprint density at radius 3 is 1.96 bits per heavy atom. The highest BCUT2D eigenvalue weighted by atomic mass is 16.4. The number of hydrogen-bond acceptors (Lipinski definition) is 8. The van der Waals surface area contributed by atoms with Crippen LogP contribution in [-0.2, 0) is 24.8 Å². The second-order valence-electron chi connectivity index (χ2n) is 13.0. The van der Waals surface area contributed by atoms with Gasteiger partial charge in [0.25, 0.3) is 0 Å². The van der Waals surface area contributed by atoms with E-state index in [-0.39, 0.29) is 30.6 Å². The zero-order valence-corrected chi connectivity index (χ0v) is 29.6. The Morgan fingerprint density at radius 1 is 0.846 bits per heavy atom. The number of Topliss-reactive ketones (excluding diaryl/α,β-unsaturated/α-hetero) is 1. The Bertz CT molecular complexity index is 1830. The van der Waals surface area contributed by atoms with Crippen LogP contribution in [0.15, 0.2) is 114 Å². The normalized spacial score (nSPS) is 18.5. The summed E-state index contributed by atoms with van der Waals surface area (Å²) < 4.78 is 0. The number of hydrogen-bond donors (Lipinski definition) is 6. The predicted molar refractivity (Wildman–Crippen MR) is 194 cm³/mol. The number of rotatable bonds is 12. The molecule has 0 aromatic heterocycles. The number of carbonyl (C=O) groups excluding carboxylic acids is 4. The van der Waals surface area contributed by atoms with Crippen LogP contribution in [0.4, 0.5) is 11.4 Å². The van der Waals surface area contributed by atoms with Crippen LogP contribution in [0, 0.1) is 5.92 Å². The van der Waals surface area contributed by atoms with Crippen molar-refractivity contribution in [1.82, 2.24) is 0 Å².